The molecular weight excluding hydrogens is 909 g/mol. The minimum Gasteiger partial charge on any atom is -0.456 e. The smallest absolute Gasteiger partial charge is 0.136 e. The van der Waals surface area contributed by atoms with Crippen LogP contribution in [0.2, 0.25) is 0 Å². The van der Waals surface area contributed by atoms with Crippen molar-refractivity contribution in [2.45, 2.75) is 48.0 Å². The molecule has 1 aliphatic rings. The van der Waals surface area contributed by atoms with Gasteiger partial charge in [-0.15, -0.1) is 0 Å². The molecule has 0 amide bonds. The van der Waals surface area contributed by atoms with E-state index in [9.17, 15) is 0 Å². The fraction of sp³-hybridized carbons (Fsp3) is 0.139. The molecule has 2 aromatic heterocycles. The fourth-order valence-corrected chi connectivity index (χ4v) is 11.9. The molecule has 0 radical (unpaired) electrons. The molecule has 12 aromatic rings. The summed E-state index contributed by atoms with van der Waals surface area (Å²) in [7, 11) is 0. The zero-order valence-electron chi connectivity index (χ0n) is 43.6. The van der Waals surface area contributed by atoms with E-state index in [2.05, 4.69) is 282 Å². The summed E-state index contributed by atoms with van der Waals surface area (Å²) < 4.78 is 8.84. The number of benzene rings is 10. The van der Waals surface area contributed by atoms with Crippen molar-refractivity contribution < 1.29 is 4.42 Å². The zero-order valence-corrected chi connectivity index (χ0v) is 43.6. The molecule has 0 bridgehead atoms. The van der Waals surface area contributed by atoms with Crippen LogP contribution >= 0.6 is 0 Å². The van der Waals surface area contributed by atoms with Crippen molar-refractivity contribution in [3.05, 3.63) is 248 Å². The van der Waals surface area contributed by atoms with Gasteiger partial charge in [-0.3, -0.25) is 0 Å². The maximum Gasteiger partial charge on any atom is 0.136 e. The molecule has 13 rings (SSSR count). The molecule has 0 saturated carbocycles. The van der Waals surface area contributed by atoms with Crippen molar-refractivity contribution >= 4 is 77.2 Å². The molecule has 1 aliphatic carbocycles. The number of nitrogens with zero attached hydrogens (tertiary/aromatic N) is 2. The average Bonchev–Trinajstić information content (AvgIpc) is 4.06. The first-order chi connectivity index (χ1) is 36.5. The van der Waals surface area contributed by atoms with Gasteiger partial charge in [-0.1, -0.05) is 224 Å². The Morgan fingerprint density at radius 1 is 0.453 bits per heavy atom. The van der Waals surface area contributed by atoms with E-state index in [0.717, 1.165) is 78.9 Å². The standard InChI is InChI=1S/C72H60N2O/c1-71(2,3)50-44-49(45-51(46-50)72(4,5)6)55-30-18-22-48-23-19-32-59(68(48)55)56-26-10-14-35-63(56)73(53-42-40-47(41-43-53)54-31-21-39-67-69(54)62-29-13-17-38-66(62)75-67)64-36-15-11-27-57(64)60-33-20-34-61-58-28-12-16-37-65(58)74(70(60)61)52-24-8-7-9-25-52/h7-44,46,51H,45H2,1-6H3. The normalized spacial score (nSPS) is 14.2. The number of fused-ring (bicyclic) bond motifs is 7. The molecule has 2 heterocycles. The van der Waals surface area contributed by atoms with Crippen molar-refractivity contribution in [3.8, 4) is 39.1 Å². The maximum atomic E-state index is 6.39. The summed E-state index contributed by atoms with van der Waals surface area (Å²) in [5.74, 6) is 0.403. The minimum absolute atomic E-state index is 0.0111. The summed E-state index contributed by atoms with van der Waals surface area (Å²) in [5.41, 5.74) is 19.7. The predicted octanol–water partition coefficient (Wildman–Crippen LogP) is 20.7. The van der Waals surface area contributed by atoms with Crippen LogP contribution in [0, 0.1) is 16.7 Å². The molecule has 3 heteroatoms. The van der Waals surface area contributed by atoms with Crippen LogP contribution in [-0.4, -0.2) is 4.57 Å². The fourth-order valence-electron chi connectivity index (χ4n) is 11.9. The third-order valence-electron chi connectivity index (χ3n) is 15.8. The Balaban J connectivity index is 1.05. The number of furan rings is 1. The van der Waals surface area contributed by atoms with Gasteiger partial charge in [0.15, 0.2) is 0 Å². The van der Waals surface area contributed by atoms with E-state index in [4.69, 9.17) is 4.42 Å². The first-order valence-electron chi connectivity index (χ1n) is 26.5. The van der Waals surface area contributed by atoms with Crippen LogP contribution in [0.25, 0.3) is 99.2 Å². The highest BCUT2D eigenvalue weighted by atomic mass is 16.3. The molecule has 1 atom stereocenters. The Hall–Kier alpha value is -8.66. The quantitative estimate of drug-likeness (QED) is 0.151. The third kappa shape index (κ3) is 7.97. The highest BCUT2D eigenvalue weighted by Gasteiger charge is 2.32. The van der Waals surface area contributed by atoms with Crippen LogP contribution in [0.5, 0.6) is 0 Å². The SMILES string of the molecule is CC(C)(C)C1=CC(C(C)(C)C)CC(c2cccc3cccc(-c4ccccc4N(c4ccc(-c5cccc6oc7ccccc7c56)cc4)c4ccccc4-c4cccc5c6ccccc6n(-c6ccccc6)c45)c23)=C1. The third-order valence-corrected chi connectivity index (χ3v) is 15.8. The molecule has 0 aliphatic heterocycles. The number of anilines is 3. The van der Waals surface area contributed by atoms with Crippen LogP contribution in [0.1, 0.15) is 53.5 Å². The predicted molar refractivity (Wildman–Crippen MR) is 320 cm³/mol. The second-order valence-corrected chi connectivity index (χ2v) is 22.5. The monoisotopic (exact) mass is 968 g/mol. The topological polar surface area (TPSA) is 21.3 Å². The Kier molecular flexibility index (Phi) is 11.1. The van der Waals surface area contributed by atoms with E-state index in [1.807, 2.05) is 6.07 Å². The first kappa shape index (κ1) is 46.1. The lowest BCUT2D eigenvalue weighted by molar-refractivity contribution is 0.292. The Bertz CT molecular complexity index is 4220. The molecule has 0 saturated heterocycles. The summed E-state index contributed by atoms with van der Waals surface area (Å²) in [6.07, 6.45) is 6.05. The maximum absolute atomic E-state index is 6.39. The van der Waals surface area contributed by atoms with E-state index >= 15 is 0 Å². The molecule has 10 aromatic carbocycles. The highest BCUT2D eigenvalue weighted by molar-refractivity contribution is 6.16. The second kappa shape index (κ2) is 18.1. The average molecular weight is 969 g/mol. The van der Waals surface area contributed by atoms with Gasteiger partial charge >= 0.3 is 0 Å². The number of allylic oxidation sites excluding steroid dienone is 4. The van der Waals surface area contributed by atoms with Gasteiger partial charge in [0.05, 0.1) is 22.4 Å². The summed E-state index contributed by atoms with van der Waals surface area (Å²) in [5, 5.41) is 7.22. The van der Waals surface area contributed by atoms with Gasteiger partial charge < -0.3 is 13.9 Å². The molecule has 364 valence electrons. The molecule has 0 spiro atoms. The molecule has 1 unspecified atom stereocenters. The van der Waals surface area contributed by atoms with Crippen molar-refractivity contribution in [1.29, 1.82) is 0 Å². The van der Waals surface area contributed by atoms with Crippen molar-refractivity contribution in [3.63, 3.8) is 0 Å². The van der Waals surface area contributed by atoms with E-state index in [-0.39, 0.29) is 10.8 Å². The van der Waals surface area contributed by atoms with E-state index in [0.29, 0.717) is 5.92 Å². The first-order valence-corrected chi connectivity index (χ1v) is 26.5. The largest absolute Gasteiger partial charge is 0.456 e. The van der Waals surface area contributed by atoms with Crippen molar-refractivity contribution in [2.75, 3.05) is 4.90 Å². The number of rotatable bonds is 8. The Labute approximate surface area is 440 Å². The molecule has 0 N–H and O–H groups in total. The number of hydrogen-bond donors (Lipinski definition) is 0. The number of hydrogen-bond acceptors (Lipinski definition) is 2. The minimum atomic E-state index is 0.0111. The van der Waals surface area contributed by atoms with E-state index in [1.165, 1.54) is 54.9 Å². The molecule has 3 nitrogen and oxygen atoms in total. The number of para-hydroxylation sites is 6. The van der Waals surface area contributed by atoms with Gasteiger partial charge in [-0.25, -0.2) is 0 Å². The zero-order chi connectivity index (χ0) is 51.0. The second-order valence-electron chi connectivity index (χ2n) is 22.5. The van der Waals surface area contributed by atoms with Crippen molar-refractivity contribution in [2.24, 2.45) is 16.7 Å². The number of aromatic nitrogens is 1. The summed E-state index contributed by atoms with van der Waals surface area (Å²) in [4.78, 5) is 2.51. The van der Waals surface area contributed by atoms with Gasteiger partial charge in [-0.05, 0) is 122 Å². The summed E-state index contributed by atoms with van der Waals surface area (Å²) in [6, 6.07) is 82.2. The van der Waals surface area contributed by atoms with Crippen LogP contribution in [-0.2, 0) is 0 Å². The highest BCUT2D eigenvalue weighted by Crippen LogP contribution is 2.51. The van der Waals surface area contributed by atoms with Crippen LogP contribution in [0.15, 0.2) is 247 Å². The van der Waals surface area contributed by atoms with Crippen LogP contribution in [0.4, 0.5) is 17.1 Å². The van der Waals surface area contributed by atoms with Gasteiger partial charge in [0.1, 0.15) is 11.2 Å². The Morgan fingerprint density at radius 3 is 1.75 bits per heavy atom. The van der Waals surface area contributed by atoms with Crippen LogP contribution in [0.3, 0.4) is 0 Å². The Morgan fingerprint density at radius 2 is 1.01 bits per heavy atom. The summed E-state index contributed by atoms with van der Waals surface area (Å²) in [6.45, 7) is 14.2. The van der Waals surface area contributed by atoms with E-state index < -0.39 is 0 Å². The van der Waals surface area contributed by atoms with Gasteiger partial charge in [0.25, 0.3) is 0 Å². The van der Waals surface area contributed by atoms with E-state index in [1.54, 1.807) is 0 Å². The van der Waals surface area contributed by atoms with Gasteiger partial charge in [0.2, 0.25) is 0 Å². The van der Waals surface area contributed by atoms with Gasteiger partial charge in [0, 0.05) is 49.6 Å². The molecule has 0 fully saturated rings. The van der Waals surface area contributed by atoms with Gasteiger partial charge in [-0.2, -0.15) is 0 Å². The van der Waals surface area contributed by atoms with Crippen LogP contribution < -0.4 is 4.90 Å². The lowest BCUT2D eigenvalue weighted by Crippen LogP contribution is -2.23. The van der Waals surface area contributed by atoms with Crippen molar-refractivity contribution in [1.82, 2.24) is 4.57 Å². The summed E-state index contributed by atoms with van der Waals surface area (Å²) >= 11 is 0. The lowest BCUT2D eigenvalue weighted by Gasteiger charge is -2.36. The lowest BCUT2D eigenvalue weighted by atomic mass is 9.69. The molecule has 75 heavy (non-hydrogen) atoms. The molecular formula is C72H60N2O.